The topological polar surface area (TPSA) is 44.8 Å². The molecule has 0 bridgehead atoms. The molecule has 0 aromatic carbocycles. The van der Waals surface area contributed by atoms with E-state index in [1.165, 1.54) is 44.9 Å². The number of esters is 1. The van der Waals surface area contributed by atoms with Gasteiger partial charge < -0.3 is 14.2 Å². The van der Waals surface area contributed by atoms with Crippen molar-refractivity contribution in [1.29, 1.82) is 0 Å². The predicted octanol–water partition coefficient (Wildman–Crippen LogP) is 5.50. The molecule has 4 nitrogen and oxygen atoms in total. The molecule has 5 heteroatoms. The molecule has 0 saturated carbocycles. The van der Waals surface area contributed by atoms with Gasteiger partial charge in [0, 0.05) is 18.9 Å². The number of unbranched alkanes of at least 4 members (excludes halogenated alkanes) is 9. The third kappa shape index (κ3) is 21.6. The molecule has 0 saturated heterocycles. The summed E-state index contributed by atoms with van der Waals surface area (Å²) in [7, 11) is 0. The van der Waals surface area contributed by atoms with E-state index < -0.39 is 0 Å². The van der Waals surface area contributed by atoms with Gasteiger partial charge in [-0.25, -0.2) is 0 Å². The fourth-order valence-corrected chi connectivity index (χ4v) is 2.68. The van der Waals surface area contributed by atoms with Gasteiger partial charge in [0.05, 0.1) is 19.8 Å². The van der Waals surface area contributed by atoms with Crippen molar-refractivity contribution in [3.63, 3.8) is 0 Å². The van der Waals surface area contributed by atoms with Crippen LogP contribution < -0.4 is 0 Å². The van der Waals surface area contributed by atoms with Crippen LogP contribution in [0.5, 0.6) is 0 Å². The molecular formula is C20H39ClO4. The molecule has 0 aliphatic rings. The van der Waals surface area contributed by atoms with Gasteiger partial charge in [-0.15, -0.1) is 11.6 Å². The van der Waals surface area contributed by atoms with Crippen molar-refractivity contribution in [2.45, 2.75) is 84.0 Å². The van der Waals surface area contributed by atoms with Gasteiger partial charge in [-0.05, 0) is 19.3 Å². The zero-order valence-corrected chi connectivity index (χ0v) is 17.0. The molecule has 0 fully saturated rings. The zero-order chi connectivity index (χ0) is 18.4. The van der Waals surface area contributed by atoms with Gasteiger partial charge in [0.1, 0.15) is 6.61 Å². The van der Waals surface area contributed by atoms with Crippen LogP contribution in [0.2, 0.25) is 0 Å². The molecule has 0 aliphatic carbocycles. The van der Waals surface area contributed by atoms with Crippen LogP contribution in [0.15, 0.2) is 0 Å². The number of hydrogen-bond donors (Lipinski definition) is 0. The molecule has 0 amide bonds. The van der Waals surface area contributed by atoms with Gasteiger partial charge in [0.25, 0.3) is 0 Å². The Morgan fingerprint density at radius 2 is 1.24 bits per heavy atom. The average Bonchev–Trinajstić information content (AvgIpc) is 2.62. The minimum Gasteiger partial charge on any atom is -0.463 e. The molecule has 0 rings (SSSR count). The molecule has 0 radical (unpaired) electrons. The first-order valence-electron chi connectivity index (χ1n) is 10.2. The number of hydrogen-bond acceptors (Lipinski definition) is 4. The Kier molecular flexibility index (Phi) is 21.4. The maximum absolute atomic E-state index is 11.5. The van der Waals surface area contributed by atoms with Crippen molar-refractivity contribution in [2.75, 3.05) is 38.9 Å². The van der Waals surface area contributed by atoms with Crippen LogP contribution in [0.3, 0.4) is 0 Å². The van der Waals surface area contributed by atoms with Crippen LogP contribution in [0.4, 0.5) is 0 Å². The normalized spacial score (nSPS) is 11.0. The lowest BCUT2D eigenvalue weighted by Gasteiger charge is -2.07. The largest absolute Gasteiger partial charge is 0.463 e. The molecule has 150 valence electrons. The van der Waals surface area contributed by atoms with Crippen LogP contribution in [0.25, 0.3) is 0 Å². The Labute approximate surface area is 159 Å². The highest BCUT2D eigenvalue weighted by atomic mass is 35.5. The Bertz CT molecular complexity index is 274. The molecule has 0 heterocycles. The minimum atomic E-state index is -0.106. The summed E-state index contributed by atoms with van der Waals surface area (Å²) in [5, 5.41) is 0. The summed E-state index contributed by atoms with van der Waals surface area (Å²) < 4.78 is 16.0. The standard InChI is InChI=1S/C20H39ClO4/c1-2-3-4-5-6-7-10-13-20(22)25-19-18-24-17-16-23-15-12-9-8-11-14-21/h2-19H2,1H3. The van der Waals surface area contributed by atoms with E-state index in [1.54, 1.807) is 0 Å². The lowest BCUT2D eigenvalue weighted by atomic mass is 10.1. The van der Waals surface area contributed by atoms with Gasteiger partial charge in [0.2, 0.25) is 0 Å². The number of rotatable bonds is 20. The molecule has 0 aliphatic heterocycles. The lowest BCUT2D eigenvalue weighted by Crippen LogP contribution is -2.13. The summed E-state index contributed by atoms with van der Waals surface area (Å²) in [5.74, 6) is 0.642. The maximum Gasteiger partial charge on any atom is 0.305 e. The Balaban J connectivity index is 3.12. The minimum absolute atomic E-state index is 0.106. The average molecular weight is 379 g/mol. The van der Waals surface area contributed by atoms with Gasteiger partial charge in [-0.3, -0.25) is 4.79 Å². The van der Waals surface area contributed by atoms with Gasteiger partial charge in [-0.2, -0.15) is 0 Å². The number of ether oxygens (including phenoxy) is 3. The molecule has 0 spiro atoms. The van der Waals surface area contributed by atoms with E-state index in [1.807, 2.05) is 0 Å². The van der Waals surface area contributed by atoms with Crippen molar-refractivity contribution in [3.8, 4) is 0 Å². The van der Waals surface area contributed by atoms with E-state index in [-0.39, 0.29) is 5.97 Å². The fourth-order valence-electron chi connectivity index (χ4n) is 2.49. The lowest BCUT2D eigenvalue weighted by molar-refractivity contribution is -0.145. The van der Waals surface area contributed by atoms with Crippen LogP contribution in [0, 0.1) is 0 Å². The summed E-state index contributed by atoms with van der Waals surface area (Å²) in [4.78, 5) is 11.5. The second-order valence-electron chi connectivity index (χ2n) is 6.42. The second kappa shape index (κ2) is 21.7. The first kappa shape index (κ1) is 24.7. The first-order chi connectivity index (χ1) is 12.3. The van der Waals surface area contributed by atoms with Gasteiger partial charge in [0.15, 0.2) is 0 Å². The molecule has 0 unspecified atom stereocenters. The van der Waals surface area contributed by atoms with E-state index in [2.05, 4.69) is 6.92 Å². The van der Waals surface area contributed by atoms with Gasteiger partial charge >= 0.3 is 5.97 Å². The summed E-state index contributed by atoms with van der Waals surface area (Å²) >= 11 is 5.62. The number of halogens is 1. The van der Waals surface area contributed by atoms with Crippen LogP contribution >= 0.6 is 11.6 Å². The molecule has 25 heavy (non-hydrogen) atoms. The summed E-state index contributed by atoms with van der Waals surface area (Å²) in [5.41, 5.74) is 0. The molecule has 0 aromatic heterocycles. The van der Waals surface area contributed by atoms with Crippen LogP contribution in [-0.2, 0) is 19.0 Å². The van der Waals surface area contributed by atoms with Crippen molar-refractivity contribution in [2.24, 2.45) is 0 Å². The van der Waals surface area contributed by atoms with Crippen molar-refractivity contribution in [1.82, 2.24) is 0 Å². The quantitative estimate of drug-likeness (QED) is 0.159. The molecule has 0 atom stereocenters. The third-order valence-electron chi connectivity index (χ3n) is 4.02. The summed E-state index contributed by atoms with van der Waals surface area (Å²) in [6.07, 6.45) is 13.5. The highest BCUT2D eigenvalue weighted by Crippen LogP contribution is 2.08. The number of carbonyl (C=O) groups excluding carboxylic acids is 1. The zero-order valence-electron chi connectivity index (χ0n) is 16.2. The smallest absolute Gasteiger partial charge is 0.305 e. The van der Waals surface area contributed by atoms with Crippen molar-refractivity contribution >= 4 is 17.6 Å². The number of alkyl halides is 1. The fraction of sp³-hybridized carbons (Fsp3) is 0.950. The van der Waals surface area contributed by atoms with E-state index in [0.29, 0.717) is 32.8 Å². The van der Waals surface area contributed by atoms with E-state index in [4.69, 9.17) is 25.8 Å². The van der Waals surface area contributed by atoms with Crippen molar-refractivity contribution in [3.05, 3.63) is 0 Å². The second-order valence-corrected chi connectivity index (χ2v) is 6.80. The Hall–Kier alpha value is -0.320. The van der Waals surface area contributed by atoms with E-state index in [0.717, 1.165) is 38.2 Å². The predicted molar refractivity (Wildman–Crippen MR) is 104 cm³/mol. The maximum atomic E-state index is 11.5. The van der Waals surface area contributed by atoms with Gasteiger partial charge in [-0.1, -0.05) is 58.3 Å². The van der Waals surface area contributed by atoms with Crippen LogP contribution in [0.1, 0.15) is 84.0 Å². The summed E-state index contributed by atoms with van der Waals surface area (Å²) in [6, 6.07) is 0. The van der Waals surface area contributed by atoms with E-state index >= 15 is 0 Å². The molecule has 0 N–H and O–H groups in total. The molecule has 0 aromatic rings. The monoisotopic (exact) mass is 378 g/mol. The third-order valence-corrected chi connectivity index (χ3v) is 4.29. The Morgan fingerprint density at radius 1 is 0.680 bits per heavy atom. The number of carbonyl (C=O) groups is 1. The first-order valence-corrected chi connectivity index (χ1v) is 10.7. The Morgan fingerprint density at radius 3 is 1.96 bits per heavy atom. The highest BCUT2D eigenvalue weighted by Gasteiger charge is 2.02. The van der Waals surface area contributed by atoms with E-state index in [9.17, 15) is 4.79 Å². The van der Waals surface area contributed by atoms with Crippen molar-refractivity contribution < 1.29 is 19.0 Å². The SMILES string of the molecule is CCCCCCCCCC(=O)OCCOCCOCCCCCCCl. The highest BCUT2D eigenvalue weighted by molar-refractivity contribution is 6.17. The van der Waals surface area contributed by atoms with Crippen LogP contribution in [-0.4, -0.2) is 44.9 Å². The summed E-state index contributed by atoms with van der Waals surface area (Å²) in [6.45, 7) is 4.94. The molecular weight excluding hydrogens is 340 g/mol.